The Labute approximate surface area is 376 Å². The molecule has 0 N–H and O–H groups in total. The molecule has 1 atom stereocenters. The molecule has 0 radical (unpaired) electrons. The van der Waals surface area contributed by atoms with E-state index in [-0.39, 0.29) is 31.1 Å². The molecule has 0 saturated heterocycles. The normalized spacial score (nSPS) is 12.6. The lowest BCUT2D eigenvalue weighted by Crippen LogP contribution is -2.30. The van der Waals surface area contributed by atoms with Gasteiger partial charge in [-0.1, -0.05) is 190 Å². The van der Waals surface area contributed by atoms with Crippen LogP contribution in [0.5, 0.6) is 0 Å². The molecule has 0 heterocycles. The maximum Gasteiger partial charge on any atom is 0.306 e. The number of ether oxygens (including phenoxy) is 3. The minimum atomic E-state index is -0.793. The molecule has 0 rings (SSSR count). The zero-order valence-electron chi connectivity index (χ0n) is 39.9. The third-order valence-electron chi connectivity index (χ3n) is 10.7. The highest BCUT2D eigenvalue weighted by atomic mass is 16.6. The van der Waals surface area contributed by atoms with E-state index < -0.39 is 6.10 Å². The van der Waals surface area contributed by atoms with Gasteiger partial charge in [0.1, 0.15) is 13.2 Å². The Morgan fingerprint density at radius 3 is 0.951 bits per heavy atom. The third-order valence-corrected chi connectivity index (χ3v) is 10.7. The number of esters is 3. The van der Waals surface area contributed by atoms with Crippen molar-refractivity contribution in [3.8, 4) is 0 Å². The summed E-state index contributed by atoms with van der Waals surface area (Å²) in [6, 6.07) is 0. The number of carbonyl (C=O) groups excluding carboxylic acids is 3. The molecule has 0 fully saturated rings. The second kappa shape index (κ2) is 49.5. The molecule has 0 amide bonds. The molecule has 1 unspecified atom stereocenters. The van der Waals surface area contributed by atoms with Gasteiger partial charge in [0, 0.05) is 19.3 Å². The van der Waals surface area contributed by atoms with E-state index in [2.05, 4.69) is 93.7 Å². The van der Waals surface area contributed by atoms with Gasteiger partial charge in [-0.15, -0.1) is 0 Å². The summed E-state index contributed by atoms with van der Waals surface area (Å²) >= 11 is 0. The molecule has 0 aromatic heterocycles. The molecule has 0 spiro atoms. The van der Waals surface area contributed by atoms with Crippen molar-refractivity contribution in [3.05, 3.63) is 72.9 Å². The van der Waals surface area contributed by atoms with Crippen molar-refractivity contribution in [1.29, 1.82) is 0 Å². The topological polar surface area (TPSA) is 78.9 Å². The standard InChI is InChI=1S/C55H94O6/c1-4-7-10-13-16-19-22-25-28-31-33-36-39-42-45-48-54(57)60-51-52(61-55(58)49-46-43-40-37-34-30-27-24-21-18-15-12-9-6-3)50-59-53(56)47-44-41-38-35-32-29-26-23-20-17-14-11-8-5-2/h14-19,23-28,52H,4-13,20-22,29-51H2,1-3H3/b17-14-,18-15-,19-16-,26-23-,27-24-,28-25-. The van der Waals surface area contributed by atoms with Crippen molar-refractivity contribution in [3.63, 3.8) is 0 Å². The van der Waals surface area contributed by atoms with Gasteiger partial charge in [0.15, 0.2) is 6.10 Å². The highest BCUT2D eigenvalue weighted by Crippen LogP contribution is 2.13. The van der Waals surface area contributed by atoms with Gasteiger partial charge in [0.2, 0.25) is 0 Å². The first-order chi connectivity index (χ1) is 30.0. The van der Waals surface area contributed by atoms with Crippen LogP contribution in [0.1, 0.15) is 239 Å². The molecule has 0 aromatic carbocycles. The fraction of sp³-hybridized carbons (Fsp3) is 0.727. The maximum atomic E-state index is 12.8. The molecule has 0 aliphatic heterocycles. The average Bonchev–Trinajstić information content (AvgIpc) is 3.26. The van der Waals surface area contributed by atoms with E-state index in [0.717, 1.165) is 135 Å². The summed E-state index contributed by atoms with van der Waals surface area (Å²) in [5.74, 6) is -0.934. The van der Waals surface area contributed by atoms with Crippen LogP contribution in [0.3, 0.4) is 0 Å². The Kier molecular flexibility index (Phi) is 46.9. The fourth-order valence-corrected chi connectivity index (χ4v) is 6.74. The predicted octanol–water partition coefficient (Wildman–Crippen LogP) is 16.6. The van der Waals surface area contributed by atoms with Gasteiger partial charge in [-0.05, 0) is 103 Å². The zero-order valence-corrected chi connectivity index (χ0v) is 39.9. The van der Waals surface area contributed by atoms with Crippen molar-refractivity contribution in [1.82, 2.24) is 0 Å². The predicted molar refractivity (Wildman–Crippen MR) is 261 cm³/mol. The lowest BCUT2D eigenvalue weighted by atomic mass is 10.1. The van der Waals surface area contributed by atoms with Crippen LogP contribution in [0.2, 0.25) is 0 Å². The average molecular weight is 851 g/mol. The Bertz CT molecular complexity index is 1160. The number of rotatable bonds is 45. The lowest BCUT2D eigenvalue weighted by molar-refractivity contribution is -0.167. The van der Waals surface area contributed by atoms with Crippen LogP contribution in [-0.4, -0.2) is 37.2 Å². The first-order valence-electron chi connectivity index (χ1n) is 25.4. The summed E-state index contributed by atoms with van der Waals surface area (Å²) in [5, 5.41) is 0. The van der Waals surface area contributed by atoms with Gasteiger partial charge in [-0.25, -0.2) is 0 Å². The summed E-state index contributed by atoms with van der Waals surface area (Å²) in [7, 11) is 0. The highest BCUT2D eigenvalue weighted by molar-refractivity contribution is 5.71. The van der Waals surface area contributed by atoms with E-state index >= 15 is 0 Å². The molecule has 350 valence electrons. The van der Waals surface area contributed by atoms with E-state index in [4.69, 9.17) is 14.2 Å². The highest BCUT2D eigenvalue weighted by Gasteiger charge is 2.19. The van der Waals surface area contributed by atoms with E-state index in [1.807, 2.05) is 0 Å². The van der Waals surface area contributed by atoms with Gasteiger partial charge >= 0.3 is 17.9 Å². The lowest BCUT2D eigenvalue weighted by Gasteiger charge is -2.18. The van der Waals surface area contributed by atoms with Crippen molar-refractivity contribution in [2.75, 3.05) is 13.2 Å². The molecule has 6 nitrogen and oxygen atoms in total. The number of unbranched alkanes of at least 4 members (excludes halogenated alkanes) is 22. The molecule has 0 aliphatic carbocycles. The Morgan fingerprint density at radius 2 is 0.607 bits per heavy atom. The second-order valence-corrected chi connectivity index (χ2v) is 16.7. The number of hydrogen-bond donors (Lipinski definition) is 0. The molecule has 61 heavy (non-hydrogen) atoms. The van der Waals surface area contributed by atoms with E-state index in [9.17, 15) is 14.4 Å². The van der Waals surface area contributed by atoms with Crippen LogP contribution >= 0.6 is 0 Å². The third kappa shape index (κ3) is 47.7. The molecule has 0 saturated carbocycles. The molecule has 0 aromatic rings. The maximum absolute atomic E-state index is 12.8. The van der Waals surface area contributed by atoms with Gasteiger partial charge < -0.3 is 14.2 Å². The minimum absolute atomic E-state index is 0.0935. The molecular formula is C55H94O6. The first-order valence-corrected chi connectivity index (χ1v) is 25.4. The fourth-order valence-electron chi connectivity index (χ4n) is 6.74. The van der Waals surface area contributed by atoms with Crippen LogP contribution in [0.25, 0.3) is 0 Å². The van der Waals surface area contributed by atoms with Crippen LogP contribution < -0.4 is 0 Å². The Balaban J connectivity index is 4.46. The van der Waals surface area contributed by atoms with Gasteiger partial charge in [-0.3, -0.25) is 14.4 Å². The van der Waals surface area contributed by atoms with Crippen LogP contribution in [0.15, 0.2) is 72.9 Å². The number of hydrogen-bond acceptors (Lipinski definition) is 6. The molecule has 0 aliphatic rings. The van der Waals surface area contributed by atoms with Crippen molar-refractivity contribution < 1.29 is 28.6 Å². The van der Waals surface area contributed by atoms with Crippen LogP contribution in [0, 0.1) is 0 Å². The van der Waals surface area contributed by atoms with E-state index in [1.165, 1.54) is 64.2 Å². The Morgan fingerprint density at radius 1 is 0.328 bits per heavy atom. The van der Waals surface area contributed by atoms with Crippen molar-refractivity contribution in [2.45, 2.75) is 245 Å². The quantitative estimate of drug-likeness (QED) is 0.0263. The smallest absolute Gasteiger partial charge is 0.306 e. The SMILES string of the molecule is CCCC/C=C\C/C=C\CCCCCCCC(=O)OCC(COC(=O)CCCCCCC/C=C\C/C=C\CCCCC)OC(=O)CCCCCCC/C=C\C/C=C\CCCC. The number of carbonyl (C=O) groups is 3. The largest absolute Gasteiger partial charge is 0.462 e. The summed E-state index contributed by atoms with van der Waals surface area (Å²) in [6.07, 6.45) is 61.6. The van der Waals surface area contributed by atoms with Gasteiger partial charge in [0.25, 0.3) is 0 Å². The summed E-state index contributed by atoms with van der Waals surface area (Å²) in [5.41, 5.74) is 0. The molecular weight excluding hydrogens is 757 g/mol. The van der Waals surface area contributed by atoms with E-state index in [0.29, 0.717) is 19.3 Å². The summed E-state index contributed by atoms with van der Waals surface area (Å²) in [6.45, 7) is 6.49. The van der Waals surface area contributed by atoms with Crippen molar-refractivity contribution >= 4 is 17.9 Å². The number of allylic oxidation sites excluding steroid dienone is 12. The first kappa shape index (κ1) is 57.9. The van der Waals surface area contributed by atoms with E-state index in [1.54, 1.807) is 0 Å². The second-order valence-electron chi connectivity index (χ2n) is 16.7. The molecule has 0 bridgehead atoms. The van der Waals surface area contributed by atoms with Crippen molar-refractivity contribution in [2.24, 2.45) is 0 Å². The minimum Gasteiger partial charge on any atom is -0.462 e. The Hall–Kier alpha value is -3.15. The van der Waals surface area contributed by atoms with Gasteiger partial charge in [-0.2, -0.15) is 0 Å². The van der Waals surface area contributed by atoms with Crippen LogP contribution in [-0.2, 0) is 28.6 Å². The molecule has 6 heteroatoms. The van der Waals surface area contributed by atoms with Crippen LogP contribution in [0.4, 0.5) is 0 Å². The monoisotopic (exact) mass is 851 g/mol. The summed E-state index contributed by atoms with van der Waals surface area (Å²) < 4.78 is 16.8. The summed E-state index contributed by atoms with van der Waals surface area (Å²) in [4.78, 5) is 37.9. The zero-order chi connectivity index (χ0) is 44.4. The van der Waals surface area contributed by atoms with Gasteiger partial charge in [0.05, 0.1) is 0 Å².